The summed E-state index contributed by atoms with van der Waals surface area (Å²) in [5.74, 6) is 1.92. The molecule has 0 spiro atoms. The van der Waals surface area contributed by atoms with Crippen LogP contribution in [0.4, 0.5) is 11.5 Å². The number of fused-ring (bicyclic) bond motifs is 1. The zero-order chi connectivity index (χ0) is 24.4. The summed E-state index contributed by atoms with van der Waals surface area (Å²) >= 11 is 1.58. The SMILES string of the molecule is COc1cccnc1NC1CN(C(=O)c2ccc(NSC3=CC(C)Cc4cccnc43)c(C)c2)C1. The van der Waals surface area contributed by atoms with Gasteiger partial charge in [-0.3, -0.25) is 9.78 Å². The second kappa shape index (κ2) is 10.00. The van der Waals surface area contributed by atoms with Crippen molar-refractivity contribution in [1.82, 2.24) is 14.9 Å². The monoisotopic (exact) mass is 487 g/mol. The summed E-state index contributed by atoms with van der Waals surface area (Å²) in [6.07, 6.45) is 6.86. The molecule has 1 aliphatic carbocycles. The molecule has 7 nitrogen and oxygen atoms in total. The molecule has 8 heteroatoms. The van der Waals surface area contributed by atoms with E-state index in [2.05, 4.69) is 39.1 Å². The molecule has 0 bridgehead atoms. The van der Waals surface area contributed by atoms with Crippen LogP contribution < -0.4 is 14.8 Å². The maximum atomic E-state index is 13.0. The summed E-state index contributed by atoms with van der Waals surface area (Å²) in [6, 6.07) is 13.8. The number of carbonyl (C=O) groups is 1. The van der Waals surface area contributed by atoms with Gasteiger partial charge in [-0.1, -0.05) is 19.1 Å². The molecule has 3 aromatic rings. The van der Waals surface area contributed by atoms with Crippen molar-refractivity contribution < 1.29 is 9.53 Å². The van der Waals surface area contributed by atoms with E-state index in [0.29, 0.717) is 36.1 Å². The lowest BCUT2D eigenvalue weighted by Gasteiger charge is -2.40. The highest BCUT2D eigenvalue weighted by Gasteiger charge is 2.32. The number of methoxy groups -OCH3 is 1. The van der Waals surface area contributed by atoms with E-state index in [4.69, 9.17) is 4.74 Å². The van der Waals surface area contributed by atoms with Gasteiger partial charge in [-0.2, -0.15) is 0 Å². The molecule has 3 heterocycles. The Hall–Kier alpha value is -3.52. The number of anilines is 2. The van der Waals surface area contributed by atoms with E-state index in [1.807, 2.05) is 54.4 Å². The number of nitrogens with zero attached hydrogens (tertiary/aromatic N) is 3. The molecule has 1 saturated heterocycles. The molecule has 180 valence electrons. The first kappa shape index (κ1) is 23.2. The van der Waals surface area contributed by atoms with Crippen LogP contribution in [-0.2, 0) is 6.42 Å². The summed E-state index contributed by atoms with van der Waals surface area (Å²) in [7, 11) is 1.63. The minimum atomic E-state index is 0.0419. The molecule has 1 atom stereocenters. The quantitative estimate of drug-likeness (QED) is 0.453. The van der Waals surface area contributed by atoms with E-state index in [-0.39, 0.29) is 11.9 Å². The van der Waals surface area contributed by atoms with Crippen LogP contribution in [-0.4, -0.2) is 47.0 Å². The van der Waals surface area contributed by atoms with Crippen LogP contribution in [0.2, 0.25) is 0 Å². The summed E-state index contributed by atoms with van der Waals surface area (Å²) in [5, 5.41) is 3.36. The van der Waals surface area contributed by atoms with Gasteiger partial charge in [0.05, 0.1) is 23.8 Å². The van der Waals surface area contributed by atoms with E-state index in [1.54, 1.807) is 25.3 Å². The van der Waals surface area contributed by atoms with E-state index >= 15 is 0 Å². The van der Waals surface area contributed by atoms with E-state index in [1.165, 1.54) is 5.56 Å². The average molecular weight is 488 g/mol. The van der Waals surface area contributed by atoms with Gasteiger partial charge in [-0.15, -0.1) is 0 Å². The Labute approximate surface area is 210 Å². The first-order valence-electron chi connectivity index (χ1n) is 11.8. The number of rotatable bonds is 7. The molecular weight excluding hydrogens is 458 g/mol. The minimum Gasteiger partial charge on any atom is -0.493 e. The molecule has 0 radical (unpaired) electrons. The second-order valence-electron chi connectivity index (χ2n) is 9.06. The minimum absolute atomic E-state index is 0.0419. The predicted octanol–water partition coefficient (Wildman–Crippen LogP) is 5.02. The van der Waals surface area contributed by atoms with Crippen molar-refractivity contribution in [1.29, 1.82) is 0 Å². The van der Waals surface area contributed by atoms with Gasteiger partial charge in [0.2, 0.25) is 0 Å². The van der Waals surface area contributed by atoms with Crippen molar-refractivity contribution in [3.8, 4) is 5.75 Å². The zero-order valence-electron chi connectivity index (χ0n) is 20.1. The lowest BCUT2D eigenvalue weighted by Crippen LogP contribution is -2.57. The molecular formula is C27H29N5O2S. The number of nitrogens with one attached hydrogen (secondary N) is 2. The van der Waals surface area contributed by atoms with Crippen molar-refractivity contribution >= 4 is 34.3 Å². The number of likely N-dealkylation sites (tertiary alicyclic amines) is 1. The number of hydrogen-bond donors (Lipinski definition) is 2. The highest BCUT2D eigenvalue weighted by atomic mass is 32.2. The molecule has 1 amide bonds. The summed E-state index contributed by atoms with van der Waals surface area (Å²) in [5.41, 5.74) is 5.06. The highest BCUT2D eigenvalue weighted by molar-refractivity contribution is 8.09. The van der Waals surface area contributed by atoms with Gasteiger partial charge in [-0.25, -0.2) is 4.98 Å². The molecule has 2 aromatic heterocycles. The number of benzene rings is 1. The van der Waals surface area contributed by atoms with Crippen LogP contribution in [0.1, 0.15) is 34.1 Å². The number of aryl methyl sites for hydroxylation is 1. The Bertz CT molecular complexity index is 1270. The van der Waals surface area contributed by atoms with Crippen molar-refractivity contribution in [3.05, 3.63) is 83.3 Å². The molecule has 1 aromatic carbocycles. The average Bonchev–Trinajstić information content (AvgIpc) is 2.84. The Morgan fingerprint density at radius 3 is 2.74 bits per heavy atom. The zero-order valence-corrected chi connectivity index (χ0v) is 20.9. The van der Waals surface area contributed by atoms with Crippen LogP contribution in [0.25, 0.3) is 4.91 Å². The third kappa shape index (κ3) is 4.98. The molecule has 1 unspecified atom stereocenters. The molecule has 0 saturated carbocycles. The number of amides is 1. The maximum absolute atomic E-state index is 13.0. The Morgan fingerprint density at radius 2 is 1.94 bits per heavy atom. The topological polar surface area (TPSA) is 79.4 Å². The predicted molar refractivity (Wildman–Crippen MR) is 142 cm³/mol. The fourth-order valence-electron chi connectivity index (χ4n) is 4.45. The fourth-order valence-corrected chi connectivity index (χ4v) is 5.48. The molecule has 1 aliphatic heterocycles. The number of aromatic nitrogens is 2. The van der Waals surface area contributed by atoms with Crippen LogP contribution in [0.5, 0.6) is 5.75 Å². The molecule has 5 rings (SSSR count). The molecule has 35 heavy (non-hydrogen) atoms. The smallest absolute Gasteiger partial charge is 0.254 e. The number of pyridine rings is 2. The second-order valence-corrected chi connectivity index (χ2v) is 9.91. The standard InChI is InChI=1S/C27H29N5O2S/c1-17-12-19-6-4-10-28-25(19)24(13-17)35-31-22-9-8-20(14-18(22)2)27(33)32-15-21(16-32)30-26-23(34-3)7-5-11-29-26/h4-11,13-14,17,21,31H,12,15-16H2,1-3H3,(H,29,30). The lowest BCUT2D eigenvalue weighted by atomic mass is 9.94. The van der Waals surface area contributed by atoms with Gasteiger partial charge < -0.3 is 19.7 Å². The summed E-state index contributed by atoms with van der Waals surface area (Å²) in [6.45, 7) is 5.51. The third-order valence-corrected chi connectivity index (χ3v) is 7.22. The highest BCUT2D eigenvalue weighted by Crippen LogP contribution is 2.36. The number of allylic oxidation sites excluding steroid dienone is 1. The number of ether oxygens (including phenoxy) is 1. The Balaban J connectivity index is 1.19. The van der Waals surface area contributed by atoms with Crippen molar-refractivity contribution in [2.24, 2.45) is 5.92 Å². The van der Waals surface area contributed by atoms with Gasteiger partial charge in [0.25, 0.3) is 5.91 Å². The van der Waals surface area contributed by atoms with Gasteiger partial charge in [-0.05, 0) is 78.7 Å². The molecule has 2 aliphatic rings. The first-order valence-corrected chi connectivity index (χ1v) is 12.6. The van der Waals surface area contributed by atoms with Crippen LogP contribution in [0.3, 0.4) is 0 Å². The van der Waals surface area contributed by atoms with Crippen molar-refractivity contribution in [3.63, 3.8) is 0 Å². The van der Waals surface area contributed by atoms with Crippen LogP contribution >= 0.6 is 11.9 Å². The summed E-state index contributed by atoms with van der Waals surface area (Å²) < 4.78 is 8.81. The first-order chi connectivity index (χ1) is 17.0. The largest absolute Gasteiger partial charge is 0.493 e. The maximum Gasteiger partial charge on any atom is 0.254 e. The normalized spacial score (nSPS) is 17.2. The van der Waals surface area contributed by atoms with Gasteiger partial charge in [0, 0.05) is 36.7 Å². The number of hydrogen-bond acceptors (Lipinski definition) is 7. The molecule has 2 N–H and O–H groups in total. The van der Waals surface area contributed by atoms with E-state index in [9.17, 15) is 4.79 Å². The molecule has 1 fully saturated rings. The fraction of sp³-hybridized carbons (Fsp3) is 0.296. The van der Waals surface area contributed by atoms with Gasteiger partial charge in [0.15, 0.2) is 11.6 Å². The lowest BCUT2D eigenvalue weighted by molar-refractivity contribution is 0.0624. The number of carbonyl (C=O) groups excluding carboxylic acids is 1. The van der Waals surface area contributed by atoms with Crippen LogP contribution in [0, 0.1) is 12.8 Å². The van der Waals surface area contributed by atoms with Crippen molar-refractivity contribution in [2.75, 3.05) is 30.2 Å². The van der Waals surface area contributed by atoms with Gasteiger partial charge >= 0.3 is 0 Å². The van der Waals surface area contributed by atoms with Gasteiger partial charge in [0.1, 0.15) is 0 Å². The van der Waals surface area contributed by atoms with Crippen molar-refractivity contribution in [2.45, 2.75) is 26.3 Å². The van der Waals surface area contributed by atoms with E-state index < -0.39 is 0 Å². The third-order valence-electron chi connectivity index (χ3n) is 6.35. The summed E-state index contributed by atoms with van der Waals surface area (Å²) in [4.78, 5) is 24.9. The van der Waals surface area contributed by atoms with E-state index in [0.717, 1.165) is 28.3 Å². The Kier molecular flexibility index (Phi) is 6.63. The Morgan fingerprint density at radius 1 is 1.14 bits per heavy atom. The van der Waals surface area contributed by atoms with Crippen LogP contribution in [0.15, 0.2) is 60.9 Å².